The van der Waals surface area contributed by atoms with Crippen LogP contribution in [0.1, 0.15) is 18.1 Å². The van der Waals surface area contributed by atoms with Crippen LogP contribution in [0.15, 0.2) is 89.9 Å². The van der Waals surface area contributed by atoms with Crippen LogP contribution in [0, 0.1) is 6.92 Å². The highest BCUT2D eigenvalue weighted by atomic mass is 32.2. The minimum Gasteiger partial charge on any atom is -0.464 e. The van der Waals surface area contributed by atoms with Gasteiger partial charge in [0.25, 0.3) is 0 Å². The molecule has 0 radical (unpaired) electrons. The summed E-state index contributed by atoms with van der Waals surface area (Å²) in [6, 6.07) is 15.5. The largest absolute Gasteiger partial charge is 0.464 e. The summed E-state index contributed by atoms with van der Waals surface area (Å²) in [7, 11) is -4.19. The van der Waals surface area contributed by atoms with Gasteiger partial charge in [-0.05, 0) is 37.6 Å². The third-order valence-corrected chi connectivity index (χ3v) is 5.90. The molecule has 2 rings (SSSR count). The number of aryl methyl sites for hydroxylation is 1. The standard InChI is InChI=1S/C24H25NO5S/c1-4-30-23(27)24(20(3)18-26,17-9-8-12-21-10-6-5-7-11-21)25-31(28,29)22-15-13-19(2)14-16-22/h5-18,25H,3-4H2,1-2H3/b12-8+,17-9+/t24-/m0/s1. The molecule has 0 spiro atoms. The van der Waals surface area contributed by atoms with Crippen LogP contribution in [0.5, 0.6) is 0 Å². The third-order valence-electron chi connectivity index (χ3n) is 4.42. The number of esters is 1. The van der Waals surface area contributed by atoms with Gasteiger partial charge in [0.05, 0.1) is 11.5 Å². The number of carbonyl (C=O) groups is 2. The van der Waals surface area contributed by atoms with Crippen molar-refractivity contribution in [1.29, 1.82) is 0 Å². The van der Waals surface area contributed by atoms with Gasteiger partial charge < -0.3 is 4.74 Å². The maximum absolute atomic E-state index is 13.0. The van der Waals surface area contributed by atoms with E-state index < -0.39 is 21.5 Å². The Bertz CT molecular complexity index is 1090. The van der Waals surface area contributed by atoms with E-state index in [1.807, 2.05) is 37.3 Å². The molecule has 0 saturated heterocycles. The minimum atomic E-state index is -4.19. The number of ether oxygens (including phenoxy) is 1. The summed E-state index contributed by atoms with van der Waals surface area (Å²) in [5.74, 6) is -0.952. The molecule has 0 amide bonds. The Balaban J connectivity index is 2.49. The summed E-state index contributed by atoms with van der Waals surface area (Å²) in [6.45, 7) is 7.00. The molecule has 162 valence electrons. The number of rotatable bonds is 10. The second-order valence-corrected chi connectivity index (χ2v) is 8.40. The first-order valence-electron chi connectivity index (χ1n) is 9.58. The topological polar surface area (TPSA) is 89.5 Å². The van der Waals surface area contributed by atoms with E-state index in [0.717, 1.165) is 11.1 Å². The van der Waals surface area contributed by atoms with Gasteiger partial charge in [0.15, 0.2) is 5.54 Å². The molecular weight excluding hydrogens is 414 g/mol. The Hall–Kier alpha value is -3.29. The lowest BCUT2D eigenvalue weighted by molar-refractivity contribution is -0.147. The molecule has 31 heavy (non-hydrogen) atoms. The summed E-state index contributed by atoms with van der Waals surface area (Å²) < 4.78 is 33.4. The molecule has 0 saturated carbocycles. The average molecular weight is 440 g/mol. The van der Waals surface area contributed by atoms with Crippen LogP contribution in [0.4, 0.5) is 0 Å². The van der Waals surface area contributed by atoms with Crippen LogP contribution < -0.4 is 4.72 Å². The van der Waals surface area contributed by atoms with Crippen LogP contribution in [-0.4, -0.2) is 32.8 Å². The Morgan fingerprint density at radius 2 is 1.74 bits per heavy atom. The maximum atomic E-state index is 13.0. The van der Waals surface area contributed by atoms with Crippen LogP contribution >= 0.6 is 0 Å². The fourth-order valence-corrected chi connectivity index (χ4v) is 4.02. The van der Waals surface area contributed by atoms with Crippen molar-refractivity contribution in [2.75, 3.05) is 6.61 Å². The molecule has 2 aromatic rings. The Morgan fingerprint density at radius 3 is 2.32 bits per heavy atom. The predicted molar refractivity (Wildman–Crippen MR) is 121 cm³/mol. The second-order valence-electron chi connectivity index (χ2n) is 6.72. The molecule has 0 bridgehead atoms. The van der Waals surface area contributed by atoms with Gasteiger partial charge in [-0.1, -0.05) is 72.8 Å². The summed E-state index contributed by atoms with van der Waals surface area (Å²) >= 11 is 0. The maximum Gasteiger partial charge on any atom is 0.336 e. The van der Waals surface area contributed by atoms with Crippen molar-refractivity contribution in [2.24, 2.45) is 0 Å². The third kappa shape index (κ3) is 6.10. The number of hydrogen-bond donors (Lipinski definition) is 1. The van der Waals surface area contributed by atoms with Crippen LogP contribution in [-0.2, 0) is 24.3 Å². The van der Waals surface area contributed by atoms with E-state index >= 15 is 0 Å². The van der Waals surface area contributed by atoms with Gasteiger partial charge in [0, 0.05) is 5.57 Å². The second kappa shape index (κ2) is 10.7. The molecule has 0 aliphatic carbocycles. The summed E-state index contributed by atoms with van der Waals surface area (Å²) in [4.78, 5) is 24.4. The van der Waals surface area contributed by atoms with Crippen molar-refractivity contribution < 1.29 is 22.7 Å². The zero-order valence-corrected chi connectivity index (χ0v) is 18.3. The lowest BCUT2D eigenvalue weighted by Gasteiger charge is -2.29. The molecule has 7 heteroatoms. The molecule has 1 atom stereocenters. The van der Waals surface area contributed by atoms with Crippen molar-refractivity contribution in [3.05, 3.63) is 96.1 Å². The smallest absolute Gasteiger partial charge is 0.336 e. The van der Waals surface area contributed by atoms with Crippen molar-refractivity contribution >= 4 is 28.4 Å². The van der Waals surface area contributed by atoms with E-state index in [1.165, 1.54) is 24.3 Å². The van der Waals surface area contributed by atoms with E-state index in [0.29, 0.717) is 6.29 Å². The summed E-state index contributed by atoms with van der Waals surface area (Å²) in [6.07, 6.45) is 6.45. The van der Waals surface area contributed by atoms with Gasteiger partial charge in [-0.15, -0.1) is 0 Å². The van der Waals surface area contributed by atoms with Crippen molar-refractivity contribution in [1.82, 2.24) is 4.72 Å². The molecular formula is C24H25NO5S. The number of sulfonamides is 1. The van der Waals surface area contributed by atoms with Gasteiger partial charge in [0.1, 0.15) is 6.29 Å². The van der Waals surface area contributed by atoms with Crippen molar-refractivity contribution in [3.8, 4) is 0 Å². The van der Waals surface area contributed by atoms with Crippen molar-refractivity contribution in [3.63, 3.8) is 0 Å². The molecule has 0 fully saturated rings. The lowest BCUT2D eigenvalue weighted by atomic mass is 9.92. The molecule has 0 heterocycles. The van der Waals surface area contributed by atoms with E-state index in [9.17, 15) is 18.0 Å². The highest BCUT2D eigenvalue weighted by Crippen LogP contribution is 2.23. The molecule has 2 aromatic carbocycles. The fourth-order valence-electron chi connectivity index (χ4n) is 2.70. The highest BCUT2D eigenvalue weighted by Gasteiger charge is 2.44. The van der Waals surface area contributed by atoms with Crippen LogP contribution in [0.3, 0.4) is 0 Å². The number of carbonyl (C=O) groups excluding carboxylic acids is 2. The van der Waals surface area contributed by atoms with Gasteiger partial charge in [-0.2, -0.15) is 4.72 Å². The quantitative estimate of drug-likeness (QED) is 0.264. The summed E-state index contributed by atoms with van der Waals surface area (Å²) in [5, 5.41) is 0. The zero-order valence-electron chi connectivity index (χ0n) is 17.4. The minimum absolute atomic E-state index is 0.00727. The average Bonchev–Trinajstić information content (AvgIpc) is 2.76. The van der Waals surface area contributed by atoms with Gasteiger partial charge in [0.2, 0.25) is 10.0 Å². The van der Waals surface area contributed by atoms with E-state index in [-0.39, 0.29) is 17.1 Å². The van der Waals surface area contributed by atoms with E-state index in [2.05, 4.69) is 11.3 Å². The van der Waals surface area contributed by atoms with E-state index in [4.69, 9.17) is 4.74 Å². The normalized spacial score (nSPS) is 13.7. The number of benzene rings is 2. The molecule has 0 aliphatic rings. The lowest BCUT2D eigenvalue weighted by Crippen LogP contribution is -2.55. The predicted octanol–water partition coefficient (Wildman–Crippen LogP) is 3.60. The number of hydrogen-bond acceptors (Lipinski definition) is 5. The van der Waals surface area contributed by atoms with Gasteiger partial charge in [-0.25, -0.2) is 13.2 Å². The number of allylic oxidation sites excluding steroid dienone is 2. The SMILES string of the molecule is C=C(C=O)[C@](/C=C/C=C/c1ccccc1)(NS(=O)(=O)c1ccc(C)cc1)C(=O)OCC. The molecule has 1 N–H and O–H groups in total. The number of nitrogens with one attached hydrogen (secondary N) is 1. The first-order valence-corrected chi connectivity index (χ1v) is 11.1. The Kier molecular flexibility index (Phi) is 8.24. The molecule has 0 aliphatic heterocycles. The Labute approximate surface area is 183 Å². The zero-order chi connectivity index (χ0) is 22.9. The van der Waals surface area contributed by atoms with Gasteiger partial charge >= 0.3 is 5.97 Å². The monoisotopic (exact) mass is 439 g/mol. The molecule has 0 unspecified atom stereocenters. The van der Waals surface area contributed by atoms with Crippen LogP contribution in [0.25, 0.3) is 6.08 Å². The molecule has 6 nitrogen and oxygen atoms in total. The van der Waals surface area contributed by atoms with Crippen LogP contribution in [0.2, 0.25) is 0 Å². The number of aldehydes is 1. The Morgan fingerprint density at radius 1 is 1.10 bits per heavy atom. The first-order chi connectivity index (χ1) is 14.7. The molecule has 0 aromatic heterocycles. The van der Waals surface area contributed by atoms with E-state index in [1.54, 1.807) is 31.2 Å². The highest BCUT2D eigenvalue weighted by molar-refractivity contribution is 7.89. The fraction of sp³-hybridized carbons (Fsp3) is 0.167. The first kappa shape index (κ1) is 24.0. The summed E-state index contributed by atoms with van der Waals surface area (Å²) in [5.41, 5.74) is -0.615. The van der Waals surface area contributed by atoms with Crippen molar-refractivity contribution in [2.45, 2.75) is 24.3 Å². The van der Waals surface area contributed by atoms with Gasteiger partial charge in [-0.3, -0.25) is 4.79 Å².